The molecule has 5 heteroatoms. The Hall–Kier alpha value is -1.23. The third-order valence-corrected chi connectivity index (χ3v) is 5.83. The van der Waals surface area contributed by atoms with Crippen molar-refractivity contribution in [2.24, 2.45) is 0 Å². The number of carboxylic acid groups (broad SMARTS) is 1. The lowest BCUT2D eigenvalue weighted by molar-refractivity contribution is 0.0690. The van der Waals surface area contributed by atoms with Crippen LogP contribution < -0.4 is 4.90 Å². The Morgan fingerprint density at radius 3 is 2.85 bits per heavy atom. The number of pyridine rings is 1. The van der Waals surface area contributed by atoms with Gasteiger partial charge in [0, 0.05) is 23.6 Å². The molecule has 0 bridgehead atoms. The highest BCUT2D eigenvalue weighted by Gasteiger charge is 2.37. The maximum absolute atomic E-state index is 11.0. The average Bonchev–Trinajstić information content (AvgIpc) is 2.48. The molecule has 1 aromatic rings. The van der Waals surface area contributed by atoms with E-state index in [0.29, 0.717) is 4.75 Å². The van der Waals surface area contributed by atoms with Gasteiger partial charge in [0.2, 0.25) is 0 Å². The van der Waals surface area contributed by atoms with Gasteiger partial charge < -0.3 is 10.0 Å². The molecule has 108 valence electrons. The van der Waals surface area contributed by atoms with Gasteiger partial charge in [-0.05, 0) is 25.0 Å². The highest BCUT2D eigenvalue weighted by molar-refractivity contribution is 8.00. The van der Waals surface area contributed by atoms with Gasteiger partial charge in [0.25, 0.3) is 0 Å². The monoisotopic (exact) mass is 292 g/mol. The van der Waals surface area contributed by atoms with Crippen LogP contribution in [-0.2, 0) is 0 Å². The molecule has 1 N–H and O–H groups in total. The maximum Gasteiger partial charge on any atom is 0.354 e. The first-order valence-electron chi connectivity index (χ1n) is 7.28. The summed E-state index contributed by atoms with van der Waals surface area (Å²) < 4.78 is 0.372. The van der Waals surface area contributed by atoms with Crippen LogP contribution in [0.4, 0.5) is 5.82 Å². The number of aromatic nitrogens is 1. The zero-order valence-electron chi connectivity index (χ0n) is 11.5. The average molecular weight is 292 g/mol. The van der Waals surface area contributed by atoms with E-state index in [4.69, 9.17) is 5.11 Å². The summed E-state index contributed by atoms with van der Waals surface area (Å²) in [6, 6.07) is 5.28. The van der Waals surface area contributed by atoms with Crippen LogP contribution in [0.5, 0.6) is 0 Å². The predicted octanol–water partition coefficient (Wildman–Crippen LogP) is 3.04. The lowest BCUT2D eigenvalue weighted by atomic mass is 9.87. The van der Waals surface area contributed by atoms with E-state index in [1.165, 1.54) is 32.1 Å². The van der Waals surface area contributed by atoms with Crippen molar-refractivity contribution >= 4 is 23.5 Å². The number of hydrogen-bond donors (Lipinski definition) is 1. The number of aromatic carboxylic acids is 1. The van der Waals surface area contributed by atoms with Crippen LogP contribution in [0.15, 0.2) is 18.2 Å². The Balaban J connectivity index is 1.79. The van der Waals surface area contributed by atoms with E-state index in [0.717, 1.165) is 24.7 Å². The van der Waals surface area contributed by atoms with Crippen molar-refractivity contribution in [2.45, 2.75) is 36.9 Å². The number of thioether (sulfide) groups is 1. The van der Waals surface area contributed by atoms with Gasteiger partial charge >= 0.3 is 5.97 Å². The minimum atomic E-state index is -0.953. The van der Waals surface area contributed by atoms with E-state index in [2.05, 4.69) is 21.6 Å². The molecule has 1 aromatic heterocycles. The Kier molecular flexibility index (Phi) is 3.87. The number of nitrogens with zero attached hydrogens (tertiary/aromatic N) is 2. The molecule has 2 aliphatic rings. The minimum Gasteiger partial charge on any atom is -0.477 e. The number of hydrogen-bond acceptors (Lipinski definition) is 4. The van der Waals surface area contributed by atoms with E-state index < -0.39 is 5.97 Å². The SMILES string of the molecule is O=C(O)c1cccc(N2CCSC3(CCCCC3)C2)n1. The zero-order chi connectivity index (χ0) is 14.0. The van der Waals surface area contributed by atoms with Crippen molar-refractivity contribution in [3.8, 4) is 0 Å². The highest BCUT2D eigenvalue weighted by atomic mass is 32.2. The maximum atomic E-state index is 11.0. The molecule has 1 saturated heterocycles. The standard InChI is InChI=1S/C15H20N2O2S/c18-14(19)12-5-4-6-13(16-12)17-9-10-20-15(11-17)7-2-1-3-8-15/h4-6H,1-3,7-11H2,(H,18,19). The van der Waals surface area contributed by atoms with Crippen molar-refractivity contribution in [3.63, 3.8) is 0 Å². The molecule has 1 spiro atoms. The summed E-state index contributed by atoms with van der Waals surface area (Å²) >= 11 is 2.11. The van der Waals surface area contributed by atoms with Crippen LogP contribution in [0.1, 0.15) is 42.6 Å². The molecule has 2 fully saturated rings. The second kappa shape index (κ2) is 5.64. The van der Waals surface area contributed by atoms with Gasteiger partial charge in [0.05, 0.1) is 0 Å². The Labute approximate surface area is 123 Å². The van der Waals surface area contributed by atoms with Gasteiger partial charge in [-0.1, -0.05) is 25.3 Å². The largest absolute Gasteiger partial charge is 0.477 e. The molecular weight excluding hydrogens is 272 g/mol. The molecule has 0 amide bonds. The van der Waals surface area contributed by atoms with Crippen LogP contribution in [0.25, 0.3) is 0 Å². The van der Waals surface area contributed by atoms with Crippen molar-refractivity contribution in [1.82, 2.24) is 4.98 Å². The molecule has 4 nitrogen and oxygen atoms in total. The van der Waals surface area contributed by atoms with E-state index in [1.807, 2.05) is 6.07 Å². The van der Waals surface area contributed by atoms with Gasteiger partial charge in [0.15, 0.2) is 5.69 Å². The molecule has 0 aromatic carbocycles. The smallest absolute Gasteiger partial charge is 0.354 e. The molecule has 1 saturated carbocycles. The van der Waals surface area contributed by atoms with Crippen LogP contribution in [0.2, 0.25) is 0 Å². The fourth-order valence-corrected chi connectivity index (χ4v) is 4.83. The molecule has 0 unspecified atom stereocenters. The van der Waals surface area contributed by atoms with Crippen molar-refractivity contribution in [3.05, 3.63) is 23.9 Å². The van der Waals surface area contributed by atoms with E-state index in [1.54, 1.807) is 12.1 Å². The number of carbonyl (C=O) groups is 1. The van der Waals surface area contributed by atoms with Gasteiger partial charge in [0.1, 0.15) is 5.82 Å². The molecule has 0 atom stereocenters. The normalized spacial score (nSPS) is 21.9. The fraction of sp³-hybridized carbons (Fsp3) is 0.600. The van der Waals surface area contributed by atoms with Gasteiger partial charge in [-0.15, -0.1) is 0 Å². The van der Waals surface area contributed by atoms with E-state index >= 15 is 0 Å². The van der Waals surface area contributed by atoms with Crippen LogP contribution >= 0.6 is 11.8 Å². The lowest BCUT2D eigenvalue weighted by Crippen LogP contribution is -2.48. The molecule has 1 aliphatic carbocycles. The predicted molar refractivity (Wildman–Crippen MR) is 81.7 cm³/mol. The third-order valence-electron chi connectivity index (χ3n) is 4.29. The number of anilines is 1. The Morgan fingerprint density at radius 1 is 1.30 bits per heavy atom. The zero-order valence-corrected chi connectivity index (χ0v) is 12.4. The first-order valence-corrected chi connectivity index (χ1v) is 8.26. The summed E-state index contributed by atoms with van der Waals surface area (Å²) in [5, 5.41) is 9.06. The van der Waals surface area contributed by atoms with Crippen molar-refractivity contribution in [2.75, 3.05) is 23.7 Å². The molecular formula is C15H20N2O2S. The number of carboxylic acids is 1. The molecule has 1 aliphatic heterocycles. The van der Waals surface area contributed by atoms with E-state index in [9.17, 15) is 4.79 Å². The third kappa shape index (κ3) is 2.77. The fourth-order valence-electron chi connectivity index (χ4n) is 3.26. The van der Waals surface area contributed by atoms with Gasteiger partial charge in [-0.25, -0.2) is 9.78 Å². The first-order chi connectivity index (χ1) is 9.69. The van der Waals surface area contributed by atoms with Crippen molar-refractivity contribution in [1.29, 1.82) is 0 Å². The molecule has 2 heterocycles. The topological polar surface area (TPSA) is 53.4 Å². The minimum absolute atomic E-state index is 0.137. The number of rotatable bonds is 2. The van der Waals surface area contributed by atoms with Crippen LogP contribution in [-0.4, -0.2) is 39.6 Å². The highest BCUT2D eigenvalue weighted by Crippen LogP contribution is 2.43. The molecule has 20 heavy (non-hydrogen) atoms. The summed E-state index contributed by atoms with van der Waals surface area (Å²) in [7, 11) is 0. The van der Waals surface area contributed by atoms with E-state index in [-0.39, 0.29) is 5.69 Å². The lowest BCUT2D eigenvalue weighted by Gasteiger charge is -2.45. The quantitative estimate of drug-likeness (QED) is 0.908. The first kappa shape index (κ1) is 13.7. The van der Waals surface area contributed by atoms with Gasteiger partial charge in [-0.2, -0.15) is 11.8 Å². The van der Waals surface area contributed by atoms with Gasteiger partial charge in [-0.3, -0.25) is 0 Å². The van der Waals surface area contributed by atoms with Crippen LogP contribution in [0.3, 0.4) is 0 Å². The second-order valence-electron chi connectivity index (χ2n) is 5.70. The summed E-state index contributed by atoms with van der Waals surface area (Å²) in [6.45, 7) is 1.97. The summed E-state index contributed by atoms with van der Waals surface area (Å²) in [6.07, 6.45) is 6.57. The summed E-state index contributed by atoms with van der Waals surface area (Å²) in [5.74, 6) is 0.972. The Bertz CT molecular complexity index is 495. The molecule has 3 rings (SSSR count). The summed E-state index contributed by atoms with van der Waals surface area (Å²) in [4.78, 5) is 17.6. The summed E-state index contributed by atoms with van der Waals surface area (Å²) in [5.41, 5.74) is 0.137. The Morgan fingerprint density at radius 2 is 2.10 bits per heavy atom. The second-order valence-corrected chi connectivity index (χ2v) is 7.26. The van der Waals surface area contributed by atoms with Crippen molar-refractivity contribution < 1.29 is 9.90 Å². The van der Waals surface area contributed by atoms with Crippen LogP contribution in [0, 0.1) is 0 Å². The molecule has 0 radical (unpaired) electrons.